The second-order valence-corrected chi connectivity index (χ2v) is 13.3. The van der Waals surface area contributed by atoms with E-state index in [1.165, 1.54) is 4.90 Å². The molecule has 0 aromatic heterocycles. The van der Waals surface area contributed by atoms with Gasteiger partial charge in [0, 0.05) is 22.6 Å². The highest BCUT2D eigenvalue weighted by atomic mass is 35.5. The number of benzene rings is 2. The average Bonchev–Trinajstić information content (AvgIpc) is 2.82. The molecular weight excluding hydrogens is 545 g/mol. The molecule has 7 nitrogen and oxygen atoms in total. The van der Waals surface area contributed by atoms with Crippen molar-refractivity contribution in [1.29, 1.82) is 0 Å². The van der Waals surface area contributed by atoms with Crippen LogP contribution in [0.2, 0.25) is 10.0 Å². The van der Waals surface area contributed by atoms with Gasteiger partial charge in [-0.15, -0.1) is 0 Å². The molecule has 0 aliphatic carbocycles. The first kappa shape index (κ1) is 31.9. The maximum Gasteiger partial charge on any atom is 0.244 e. The van der Waals surface area contributed by atoms with Gasteiger partial charge in [-0.05, 0) is 60.6 Å². The number of anilines is 1. The van der Waals surface area contributed by atoms with Crippen molar-refractivity contribution < 1.29 is 18.0 Å². The van der Waals surface area contributed by atoms with Crippen molar-refractivity contribution >= 4 is 50.7 Å². The van der Waals surface area contributed by atoms with Crippen molar-refractivity contribution in [2.45, 2.75) is 78.4 Å². The van der Waals surface area contributed by atoms with Crippen LogP contribution in [0.1, 0.15) is 65.5 Å². The summed E-state index contributed by atoms with van der Waals surface area (Å²) < 4.78 is 26.7. The first-order chi connectivity index (χ1) is 17.6. The molecule has 0 saturated heterocycles. The van der Waals surface area contributed by atoms with Gasteiger partial charge in [0.2, 0.25) is 21.8 Å². The van der Waals surface area contributed by atoms with Crippen molar-refractivity contribution in [1.82, 2.24) is 10.2 Å². The van der Waals surface area contributed by atoms with Gasteiger partial charge in [0.05, 0.1) is 11.9 Å². The summed E-state index contributed by atoms with van der Waals surface area (Å²) in [6.07, 6.45) is 2.12. The molecule has 0 heterocycles. The van der Waals surface area contributed by atoms with Crippen LogP contribution in [-0.2, 0) is 31.6 Å². The second-order valence-electron chi connectivity index (χ2n) is 10.6. The summed E-state index contributed by atoms with van der Waals surface area (Å²) in [5, 5.41) is 3.74. The molecule has 10 heteroatoms. The molecule has 0 bridgehead atoms. The molecule has 0 spiro atoms. The number of carbonyl (C=O) groups is 2. The van der Waals surface area contributed by atoms with Gasteiger partial charge in [0.1, 0.15) is 12.6 Å². The van der Waals surface area contributed by atoms with Crippen molar-refractivity contribution in [3.8, 4) is 0 Å². The van der Waals surface area contributed by atoms with Crippen LogP contribution in [-0.4, -0.2) is 50.0 Å². The topological polar surface area (TPSA) is 86.8 Å². The van der Waals surface area contributed by atoms with E-state index < -0.39 is 28.5 Å². The van der Waals surface area contributed by atoms with Crippen LogP contribution in [0.25, 0.3) is 0 Å². The Morgan fingerprint density at radius 1 is 1.00 bits per heavy atom. The normalized spacial score (nSPS) is 13.5. The summed E-state index contributed by atoms with van der Waals surface area (Å²) in [5.41, 5.74) is 1.89. The molecule has 0 aliphatic rings. The molecule has 0 aliphatic heterocycles. The zero-order valence-corrected chi connectivity index (χ0v) is 25.5. The standard InChI is InChI=1S/C28H39Cl2N3O4S/c1-8-19(3)31-27(35)25(9-2)32(17-20-10-13-22(29)16-24(20)30)26(34)18-33(38(7,36)37)23-14-11-21(12-15-23)28(4,5)6/h10-16,19,25H,8-9,17-18H2,1-7H3,(H,31,35). The molecule has 2 aromatic rings. The summed E-state index contributed by atoms with van der Waals surface area (Å²) in [6.45, 7) is 11.4. The van der Waals surface area contributed by atoms with Crippen LogP contribution in [0.4, 0.5) is 5.69 Å². The van der Waals surface area contributed by atoms with E-state index in [0.717, 1.165) is 22.5 Å². The number of nitrogens with one attached hydrogen (secondary N) is 1. The van der Waals surface area contributed by atoms with Crippen LogP contribution < -0.4 is 9.62 Å². The predicted molar refractivity (Wildman–Crippen MR) is 156 cm³/mol. The third-order valence-electron chi connectivity index (χ3n) is 6.44. The van der Waals surface area contributed by atoms with E-state index >= 15 is 0 Å². The van der Waals surface area contributed by atoms with Crippen molar-refractivity contribution in [3.05, 3.63) is 63.6 Å². The van der Waals surface area contributed by atoms with Crippen LogP contribution in [0.15, 0.2) is 42.5 Å². The Kier molecular flexibility index (Phi) is 11.1. The largest absolute Gasteiger partial charge is 0.352 e. The van der Waals surface area contributed by atoms with E-state index in [-0.39, 0.29) is 23.9 Å². The summed E-state index contributed by atoms with van der Waals surface area (Å²) in [6, 6.07) is 11.1. The molecule has 2 unspecified atom stereocenters. The number of rotatable bonds is 11. The van der Waals surface area contributed by atoms with Gasteiger partial charge >= 0.3 is 0 Å². The van der Waals surface area contributed by atoms with Gasteiger partial charge in [0.15, 0.2) is 0 Å². The van der Waals surface area contributed by atoms with E-state index in [0.29, 0.717) is 27.7 Å². The third-order valence-corrected chi connectivity index (χ3v) is 8.17. The number of sulfonamides is 1. The smallest absolute Gasteiger partial charge is 0.244 e. The van der Waals surface area contributed by atoms with E-state index in [9.17, 15) is 18.0 Å². The lowest BCUT2D eigenvalue weighted by Gasteiger charge is -2.33. The molecule has 2 atom stereocenters. The molecule has 2 aromatic carbocycles. The monoisotopic (exact) mass is 583 g/mol. The van der Waals surface area contributed by atoms with Crippen LogP contribution in [0.3, 0.4) is 0 Å². The van der Waals surface area contributed by atoms with Crippen molar-refractivity contribution in [2.24, 2.45) is 0 Å². The van der Waals surface area contributed by atoms with Crippen LogP contribution in [0, 0.1) is 0 Å². The summed E-state index contributed by atoms with van der Waals surface area (Å²) >= 11 is 12.5. The van der Waals surface area contributed by atoms with Gasteiger partial charge in [0.25, 0.3) is 0 Å². The molecule has 210 valence electrons. The Morgan fingerprint density at radius 3 is 2.08 bits per heavy atom. The molecular formula is C28H39Cl2N3O4S. The van der Waals surface area contributed by atoms with E-state index in [1.54, 1.807) is 30.3 Å². The average molecular weight is 585 g/mol. The minimum absolute atomic E-state index is 0.0157. The first-order valence-electron chi connectivity index (χ1n) is 12.7. The summed E-state index contributed by atoms with van der Waals surface area (Å²) in [7, 11) is -3.82. The number of amides is 2. The predicted octanol–water partition coefficient (Wildman–Crippen LogP) is 5.78. The number of nitrogens with zero attached hydrogens (tertiary/aromatic N) is 2. The molecule has 38 heavy (non-hydrogen) atoms. The lowest BCUT2D eigenvalue weighted by Crippen LogP contribution is -2.53. The first-order valence-corrected chi connectivity index (χ1v) is 15.3. The fraction of sp³-hybridized carbons (Fsp3) is 0.500. The Labute approximate surface area is 237 Å². The van der Waals surface area contributed by atoms with E-state index in [1.807, 2.05) is 32.9 Å². The quantitative estimate of drug-likeness (QED) is 0.363. The van der Waals surface area contributed by atoms with Gasteiger partial charge in [-0.3, -0.25) is 13.9 Å². The molecule has 0 radical (unpaired) electrons. The van der Waals surface area contributed by atoms with Gasteiger partial charge in [-0.1, -0.05) is 76.0 Å². The maximum atomic E-state index is 13.8. The molecule has 2 amide bonds. The van der Waals surface area contributed by atoms with E-state index in [4.69, 9.17) is 23.2 Å². The second kappa shape index (κ2) is 13.2. The Bertz CT molecular complexity index is 1230. The number of hydrogen-bond acceptors (Lipinski definition) is 4. The Hall–Kier alpha value is -2.29. The lowest BCUT2D eigenvalue weighted by molar-refractivity contribution is -0.140. The Morgan fingerprint density at radius 2 is 1.61 bits per heavy atom. The fourth-order valence-corrected chi connectivity index (χ4v) is 5.25. The SMILES string of the molecule is CCC(C)NC(=O)C(CC)N(Cc1ccc(Cl)cc1Cl)C(=O)CN(c1ccc(C(C)(C)C)cc1)S(C)(=O)=O. The zero-order chi connectivity index (χ0) is 28.8. The highest BCUT2D eigenvalue weighted by Gasteiger charge is 2.32. The Balaban J connectivity index is 2.49. The third kappa shape index (κ3) is 8.61. The van der Waals surface area contributed by atoms with Gasteiger partial charge in [-0.25, -0.2) is 8.42 Å². The van der Waals surface area contributed by atoms with Crippen LogP contribution >= 0.6 is 23.2 Å². The zero-order valence-electron chi connectivity index (χ0n) is 23.2. The number of halogens is 2. The molecule has 1 N–H and O–H groups in total. The van der Waals surface area contributed by atoms with Gasteiger partial charge in [-0.2, -0.15) is 0 Å². The summed E-state index contributed by atoms with van der Waals surface area (Å²) in [5.74, 6) is -0.826. The van der Waals surface area contributed by atoms with Crippen LogP contribution in [0.5, 0.6) is 0 Å². The fourth-order valence-electron chi connectivity index (χ4n) is 3.94. The summed E-state index contributed by atoms with van der Waals surface area (Å²) in [4.78, 5) is 28.4. The molecule has 2 rings (SSSR count). The van der Waals surface area contributed by atoms with E-state index in [2.05, 4.69) is 26.1 Å². The number of hydrogen-bond donors (Lipinski definition) is 1. The highest BCUT2D eigenvalue weighted by molar-refractivity contribution is 7.92. The highest BCUT2D eigenvalue weighted by Crippen LogP contribution is 2.27. The minimum Gasteiger partial charge on any atom is -0.352 e. The van der Waals surface area contributed by atoms with Crippen molar-refractivity contribution in [3.63, 3.8) is 0 Å². The molecule has 0 saturated carbocycles. The minimum atomic E-state index is -3.82. The lowest BCUT2D eigenvalue weighted by atomic mass is 9.87. The number of carbonyl (C=O) groups excluding carboxylic acids is 2. The van der Waals surface area contributed by atoms with Gasteiger partial charge < -0.3 is 10.2 Å². The molecule has 0 fully saturated rings. The van der Waals surface area contributed by atoms with Crippen molar-refractivity contribution in [2.75, 3.05) is 17.1 Å². The maximum absolute atomic E-state index is 13.8.